The van der Waals surface area contributed by atoms with Crippen LogP contribution < -0.4 is 10.6 Å². The van der Waals surface area contributed by atoms with E-state index in [2.05, 4.69) is 16.6 Å². The fourth-order valence-electron chi connectivity index (χ4n) is 1.70. The Kier molecular flexibility index (Phi) is 6.11. The van der Waals surface area contributed by atoms with Gasteiger partial charge < -0.3 is 15.7 Å². The Labute approximate surface area is 118 Å². The predicted molar refractivity (Wildman–Crippen MR) is 76.1 cm³/mol. The molecule has 5 heteroatoms. The summed E-state index contributed by atoms with van der Waals surface area (Å²) in [5.41, 5.74) is 0.844. The Morgan fingerprint density at radius 1 is 1.30 bits per heavy atom. The van der Waals surface area contributed by atoms with E-state index < -0.39 is 18.0 Å². The molecular weight excluding hydrogens is 256 g/mol. The monoisotopic (exact) mass is 274 g/mol. The molecule has 3 N–H and O–H groups in total. The van der Waals surface area contributed by atoms with Crippen LogP contribution in [0.3, 0.4) is 0 Å². The molecule has 0 bridgehead atoms. The van der Waals surface area contributed by atoms with Crippen LogP contribution in [-0.4, -0.2) is 29.2 Å². The van der Waals surface area contributed by atoms with Crippen molar-refractivity contribution in [2.75, 3.05) is 0 Å². The van der Waals surface area contributed by atoms with Gasteiger partial charge in [0.25, 0.3) is 0 Å². The third kappa shape index (κ3) is 5.44. The molecule has 0 aliphatic carbocycles. The maximum Gasteiger partial charge on any atom is 0.326 e. The van der Waals surface area contributed by atoms with Crippen LogP contribution in [0, 0.1) is 12.3 Å². The van der Waals surface area contributed by atoms with Gasteiger partial charge in [0.1, 0.15) is 6.04 Å². The van der Waals surface area contributed by atoms with Crippen LogP contribution >= 0.6 is 0 Å². The number of aliphatic carboxylic acids is 1. The first-order valence-corrected chi connectivity index (χ1v) is 6.30. The highest BCUT2D eigenvalue weighted by Gasteiger charge is 2.20. The van der Waals surface area contributed by atoms with E-state index in [0.717, 1.165) is 5.56 Å². The molecule has 2 amide bonds. The number of carboxylic acid groups (broad SMARTS) is 1. The fourth-order valence-corrected chi connectivity index (χ4v) is 1.70. The molecule has 0 spiro atoms. The van der Waals surface area contributed by atoms with Gasteiger partial charge in [-0.2, -0.15) is 0 Å². The minimum absolute atomic E-state index is 0.203. The van der Waals surface area contributed by atoms with Crippen molar-refractivity contribution in [1.29, 1.82) is 0 Å². The summed E-state index contributed by atoms with van der Waals surface area (Å²) < 4.78 is 0. The van der Waals surface area contributed by atoms with Gasteiger partial charge in [-0.1, -0.05) is 30.3 Å². The van der Waals surface area contributed by atoms with E-state index in [0.29, 0.717) is 6.42 Å². The molecule has 20 heavy (non-hydrogen) atoms. The topological polar surface area (TPSA) is 78.4 Å². The average Bonchev–Trinajstić information content (AvgIpc) is 2.39. The van der Waals surface area contributed by atoms with Crippen molar-refractivity contribution in [1.82, 2.24) is 10.6 Å². The molecule has 1 aromatic carbocycles. The molecule has 0 fully saturated rings. The highest BCUT2D eigenvalue weighted by molar-refractivity contribution is 5.82. The number of hydrogen-bond acceptors (Lipinski definition) is 2. The summed E-state index contributed by atoms with van der Waals surface area (Å²) in [5.74, 6) is 1.35. The summed E-state index contributed by atoms with van der Waals surface area (Å²) in [6.07, 6.45) is 5.76. The summed E-state index contributed by atoms with van der Waals surface area (Å²) in [7, 11) is 0. The lowest BCUT2D eigenvalue weighted by Crippen LogP contribution is -2.49. The molecule has 0 aliphatic rings. The van der Waals surface area contributed by atoms with E-state index in [4.69, 9.17) is 11.5 Å². The SMILES string of the molecule is C#CCC(C)NC(=O)N[C@H](Cc1ccccc1)C(=O)O. The van der Waals surface area contributed by atoms with Crippen LogP contribution in [0.5, 0.6) is 0 Å². The minimum atomic E-state index is -1.08. The number of urea groups is 1. The van der Waals surface area contributed by atoms with E-state index in [1.807, 2.05) is 30.3 Å². The first-order valence-electron chi connectivity index (χ1n) is 6.30. The van der Waals surface area contributed by atoms with Crippen LogP contribution in [0.1, 0.15) is 18.9 Å². The lowest BCUT2D eigenvalue weighted by molar-refractivity contribution is -0.139. The van der Waals surface area contributed by atoms with Crippen LogP contribution in [0.2, 0.25) is 0 Å². The van der Waals surface area contributed by atoms with Gasteiger partial charge >= 0.3 is 12.0 Å². The molecule has 5 nitrogen and oxygen atoms in total. The zero-order valence-corrected chi connectivity index (χ0v) is 11.3. The standard InChI is InChI=1S/C15H18N2O3/c1-3-7-11(2)16-15(20)17-13(14(18)19)10-12-8-5-4-6-9-12/h1,4-6,8-9,11,13H,7,10H2,2H3,(H,18,19)(H2,16,17,20)/t11?,13-/m1/s1. The molecule has 1 unspecified atom stereocenters. The van der Waals surface area contributed by atoms with Crippen LogP contribution in [0.25, 0.3) is 0 Å². The third-order valence-electron chi connectivity index (χ3n) is 2.69. The number of nitrogens with one attached hydrogen (secondary N) is 2. The minimum Gasteiger partial charge on any atom is -0.480 e. The van der Waals surface area contributed by atoms with Crippen molar-refractivity contribution in [3.05, 3.63) is 35.9 Å². The second kappa shape index (κ2) is 7.85. The molecule has 0 saturated heterocycles. The maximum absolute atomic E-state index is 11.7. The Balaban J connectivity index is 2.58. The molecule has 1 aromatic rings. The first-order chi connectivity index (χ1) is 9.52. The number of hydrogen-bond donors (Lipinski definition) is 3. The molecule has 0 heterocycles. The number of carbonyl (C=O) groups is 2. The molecular formula is C15H18N2O3. The van der Waals surface area contributed by atoms with Crippen molar-refractivity contribution in [2.24, 2.45) is 0 Å². The Hall–Kier alpha value is -2.48. The summed E-state index contributed by atoms with van der Waals surface area (Å²) in [6, 6.07) is 7.42. The van der Waals surface area contributed by atoms with Gasteiger partial charge in [-0.25, -0.2) is 9.59 Å². The molecule has 0 aromatic heterocycles. The summed E-state index contributed by atoms with van der Waals surface area (Å²) in [6.45, 7) is 1.76. The number of amides is 2. The quantitative estimate of drug-likeness (QED) is 0.686. The number of rotatable bonds is 6. The van der Waals surface area contributed by atoms with Gasteiger partial charge in [-0.3, -0.25) is 0 Å². The predicted octanol–water partition coefficient (Wildman–Crippen LogP) is 1.39. The number of terminal acetylenes is 1. The lowest BCUT2D eigenvalue weighted by atomic mass is 10.1. The zero-order valence-electron chi connectivity index (χ0n) is 11.3. The second-order valence-electron chi connectivity index (χ2n) is 4.51. The summed E-state index contributed by atoms with van der Waals surface area (Å²) in [4.78, 5) is 22.9. The zero-order chi connectivity index (χ0) is 15.0. The van der Waals surface area contributed by atoms with Gasteiger partial charge in [-0.15, -0.1) is 12.3 Å². The molecule has 2 atom stereocenters. The van der Waals surface area contributed by atoms with Crippen molar-refractivity contribution < 1.29 is 14.7 Å². The molecule has 106 valence electrons. The molecule has 0 radical (unpaired) electrons. The Bertz CT molecular complexity index is 494. The van der Waals surface area contributed by atoms with Gasteiger partial charge in [0.2, 0.25) is 0 Å². The van der Waals surface area contributed by atoms with E-state index in [-0.39, 0.29) is 12.5 Å². The fraction of sp³-hybridized carbons (Fsp3) is 0.333. The van der Waals surface area contributed by atoms with Gasteiger partial charge in [-0.05, 0) is 12.5 Å². The smallest absolute Gasteiger partial charge is 0.326 e. The highest BCUT2D eigenvalue weighted by atomic mass is 16.4. The summed E-state index contributed by atoms with van der Waals surface area (Å²) >= 11 is 0. The largest absolute Gasteiger partial charge is 0.480 e. The molecule has 0 aliphatic heterocycles. The normalized spacial score (nSPS) is 12.8. The lowest BCUT2D eigenvalue weighted by Gasteiger charge is -2.17. The van der Waals surface area contributed by atoms with Gasteiger partial charge in [0.15, 0.2) is 0 Å². The number of benzene rings is 1. The van der Waals surface area contributed by atoms with E-state index in [9.17, 15) is 9.59 Å². The van der Waals surface area contributed by atoms with Crippen LogP contribution in [0.15, 0.2) is 30.3 Å². The Morgan fingerprint density at radius 3 is 2.50 bits per heavy atom. The van der Waals surface area contributed by atoms with Gasteiger partial charge in [0, 0.05) is 18.9 Å². The van der Waals surface area contributed by atoms with Gasteiger partial charge in [0.05, 0.1) is 0 Å². The van der Waals surface area contributed by atoms with Crippen LogP contribution in [-0.2, 0) is 11.2 Å². The van der Waals surface area contributed by atoms with Crippen molar-refractivity contribution in [3.63, 3.8) is 0 Å². The molecule has 1 rings (SSSR count). The van der Waals surface area contributed by atoms with E-state index in [1.165, 1.54) is 0 Å². The average molecular weight is 274 g/mol. The van der Waals surface area contributed by atoms with E-state index >= 15 is 0 Å². The van der Waals surface area contributed by atoms with Crippen molar-refractivity contribution in [3.8, 4) is 12.3 Å². The van der Waals surface area contributed by atoms with E-state index in [1.54, 1.807) is 6.92 Å². The van der Waals surface area contributed by atoms with Crippen LogP contribution in [0.4, 0.5) is 4.79 Å². The Morgan fingerprint density at radius 2 is 1.95 bits per heavy atom. The van der Waals surface area contributed by atoms with Crippen molar-refractivity contribution >= 4 is 12.0 Å². The number of carbonyl (C=O) groups excluding carboxylic acids is 1. The number of carboxylic acids is 1. The summed E-state index contributed by atoms with van der Waals surface area (Å²) in [5, 5.41) is 14.2. The van der Waals surface area contributed by atoms with Crippen molar-refractivity contribution in [2.45, 2.75) is 31.8 Å². The maximum atomic E-state index is 11.7. The first kappa shape index (κ1) is 15.6. The molecule has 0 saturated carbocycles. The highest BCUT2D eigenvalue weighted by Crippen LogP contribution is 2.03. The third-order valence-corrected chi connectivity index (χ3v) is 2.69. The second-order valence-corrected chi connectivity index (χ2v) is 4.51.